The Hall–Kier alpha value is -1.50. The third-order valence-electron chi connectivity index (χ3n) is 5.47. The molecule has 22 heavy (non-hydrogen) atoms. The van der Waals surface area contributed by atoms with Crippen LogP contribution in [0.15, 0.2) is 12.3 Å². The van der Waals surface area contributed by atoms with Gasteiger partial charge in [0.05, 0.1) is 16.9 Å². The van der Waals surface area contributed by atoms with Crippen LogP contribution in [-0.4, -0.2) is 45.8 Å². The number of rotatable bonds is 2. The van der Waals surface area contributed by atoms with Gasteiger partial charge in [0, 0.05) is 31.9 Å². The molecule has 1 spiro atoms. The Morgan fingerprint density at radius 1 is 1.50 bits per heavy atom. The third kappa shape index (κ3) is 2.14. The number of hydrogen-bond acceptors (Lipinski definition) is 5. The lowest BCUT2D eigenvalue weighted by atomic mass is 9.71. The van der Waals surface area contributed by atoms with Crippen LogP contribution in [0.4, 0.5) is 0 Å². The highest BCUT2D eigenvalue weighted by Gasteiger charge is 2.52. The Morgan fingerprint density at radius 2 is 2.41 bits per heavy atom. The van der Waals surface area contributed by atoms with Gasteiger partial charge in [-0.25, -0.2) is 5.48 Å². The molecule has 0 aromatic carbocycles. The molecule has 3 aliphatic rings. The van der Waals surface area contributed by atoms with Gasteiger partial charge in [-0.2, -0.15) is 0 Å². The zero-order valence-electron chi connectivity index (χ0n) is 12.5. The van der Waals surface area contributed by atoms with Gasteiger partial charge in [0.1, 0.15) is 0 Å². The van der Waals surface area contributed by atoms with Crippen LogP contribution in [0.25, 0.3) is 0 Å². The molecule has 1 aliphatic carbocycles. The Balaban J connectivity index is 1.51. The number of hydrogen-bond donors (Lipinski definition) is 2. The number of nitrogens with one attached hydrogen (secondary N) is 1. The molecule has 2 N–H and O–H groups in total. The van der Waals surface area contributed by atoms with Crippen molar-refractivity contribution >= 4 is 5.91 Å². The van der Waals surface area contributed by atoms with E-state index < -0.39 is 5.91 Å². The highest BCUT2D eigenvalue weighted by atomic mass is 16.5. The van der Waals surface area contributed by atoms with Crippen LogP contribution in [0.5, 0.6) is 0 Å². The average molecular weight is 303 g/mol. The molecule has 2 aliphatic heterocycles. The largest absolute Gasteiger partial charge is 0.373 e. The average Bonchev–Trinajstić information content (AvgIpc) is 3.05. The summed E-state index contributed by atoms with van der Waals surface area (Å²) < 4.78 is 6.05. The fourth-order valence-corrected chi connectivity index (χ4v) is 4.18. The fraction of sp³-hybridized carbons (Fsp3) is 0.625. The van der Waals surface area contributed by atoms with Crippen molar-refractivity contribution in [1.82, 2.24) is 15.4 Å². The van der Waals surface area contributed by atoms with E-state index in [0.717, 1.165) is 37.4 Å². The molecule has 1 unspecified atom stereocenters. The maximum atomic E-state index is 11.5. The van der Waals surface area contributed by atoms with E-state index in [1.807, 2.05) is 6.07 Å². The van der Waals surface area contributed by atoms with Gasteiger partial charge in [-0.05, 0) is 43.7 Å². The lowest BCUT2D eigenvalue weighted by Gasteiger charge is -2.52. The van der Waals surface area contributed by atoms with E-state index in [4.69, 9.17) is 9.94 Å². The smallest absolute Gasteiger partial charge is 0.276 e. The second-order valence-electron chi connectivity index (χ2n) is 6.56. The molecular weight excluding hydrogens is 282 g/mol. The molecular formula is C16H21N3O3. The maximum Gasteiger partial charge on any atom is 0.276 e. The normalized spacial score (nSPS) is 30.9. The summed E-state index contributed by atoms with van der Waals surface area (Å²) in [6.45, 7) is 2.71. The molecule has 6 heteroatoms. The van der Waals surface area contributed by atoms with Crippen LogP contribution < -0.4 is 5.48 Å². The molecule has 0 radical (unpaired) electrons. The van der Waals surface area contributed by atoms with E-state index in [1.165, 1.54) is 31.9 Å². The lowest BCUT2D eigenvalue weighted by molar-refractivity contribution is -0.132. The van der Waals surface area contributed by atoms with Crippen LogP contribution in [-0.2, 0) is 17.7 Å². The first kappa shape index (κ1) is 14.1. The summed E-state index contributed by atoms with van der Waals surface area (Å²) in [5.74, 6) is -0.505. The lowest BCUT2D eigenvalue weighted by Crippen LogP contribution is -2.60. The van der Waals surface area contributed by atoms with Crippen LogP contribution in [0.1, 0.15) is 47.3 Å². The third-order valence-corrected chi connectivity index (χ3v) is 5.47. The highest BCUT2D eigenvalue weighted by Crippen LogP contribution is 2.47. The number of aromatic nitrogens is 1. The van der Waals surface area contributed by atoms with Gasteiger partial charge in [-0.3, -0.25) is 19.9 Å². The van der Waals surface area contributed by atoms with Crippen molar-refractivity contribution in [2.45, 2.75) is 50.3 Å². The summed E-state index contributed by atoms with van der Waals surface area (Å²) in [4.78, 5) is 18.4. The molecule has 3 heterocycles. The van der Waals surface area contributed by atoms with Crippen molar-refractivity contribution in [1.29, 1.82) is 0 Å². The molecule has 2 atom stereocenters. The number of carbonyl (C=O) groups excluding carboxylic acids is 1. The Bertz CT molecular complexity index is 598. The number of nitrogens with zero attached hydrogens (tertiary/aromatic N) is 2. The molecule has 1 saturated carbocycles. The Kier molecular flexibility index (Phi) is 3.40. The van der Waals surface area contributed by atoms with E-state index >= 15 is 0 Å². The predicted octanol–water partition coefficient (Wildman–Crippen LogP) is 1.27. The molecule has 1 aromatic heterocycles. The van der Waals surface area contributed by atoms with Crippen LogP contribution >= 0.6 is 0 Å². The number of hydroxylamine groups is 1. The Labute approximate surface area is 129 Å². The van der Waals surface area contributed by atoms with Crippen LogP contribution in [0.3, 0.4) is 0 Å². The summed E-state index contributed by atoms with van der Waals surface area (Å²) in [6, 6.07) is 2.36. The van der Waals surface area contributed by atoms with Gasteiger partial charge < -0.3 is 4.74 Å². The highest BCUT2D eigenvalue weighted by molar-refractivity contribution is 5.93. The summed E-state index contributed by atoms with van der Waals surface area (Å²) >= 11 is 0. The maximum absolute atomic E-state index is 11.5. The minimum absolute atomic E-state index is 0.105. The second-order valence-corrected chi connectivity index (χ2v) is 6.56. The molecule has 2 fully saturated rings. The first-order valence-corrected chi connectivity index (χ1v) is 8.02. The molecule has 6 nitrogen and oxygen atoms in total. The Morgan fingerprint density at radius 3 is 3.09 bits per heavy atom. The van der Waals surface area contributed by atoms with Gasteiger partial charge in [0.25, 0.3) is 5.91 Å². The van der Waals surface area contributed by atoms with Crippen LogP contribution in [0.2, 0.25) is 0 Å². The zero-order chi connectivity index (χ0) is 15.2. The second kappa shape index (κ2) is 5.30. The van der Waals surface area contributed by atoms with E-state index in [0.29, 0.717) is 11.6 Å². The van der Waals surface area contributed by atoms with Crippen molar-refractivity contribution in [3.63, 3.8) is 0 Å². The van der Waals surface area contributed by atoms with Crippen molar-refractivity contribution in [2.75, 3.05) is 13.2 Å². The van der Waals surface area contributed by atoms with Crippen molar-refractivity contribution in [3.8, 4) is 0 Å². The molecule has 1 aromatic rings. The fourth-order valence-electron chi connectivity index (χ4n) is 4.18. The van der Waals surface area contributed by atoms with E-state index in [-0.39, 0.29) is 5.60 Å². The van der Waals surface area contributed by atoms with E-state index in [2.05, 4.69) is 9.88 Å². The number of pyridine rings is 1. The summed E-state index contributed by atoms with van der Waals surface area (Å²) in [7, 11) is 0. The van der Waals surface area contributed by atoms with E-state index in [9.17, 15) is 4.79 Å². The zero-order valence-corrected chi connectivity index (χ0v) is 12.5. The van der Waals surface area contributed by atoms with Gasteiger partial charge in [-0.1, -0.05) is 0 Å². The monoisotopic (exact) mass is 303 g/mol. The number of carbonyl (C=O) groups is 1. The van der Waals surface area contributed by atoms with Gasteiger partial charge >= 0.3 is 0 Å². The molecule has 0 bridgehead atoms. The van der Waals surface area contributed by atoms with E-state index in [1.54, 1.807) is 5.48 Å². The molecule has 1 saturated heterocycles. The molecule has 1 amide bonds. The number of fused-ring (bicyclic) bond motifs is 1. The molecule has 118 valence electrons. The van der Waals surface area contributed by atoms with Crippen molar-refractivity contribution in [3.05, 3.63) is 29.1 Å². The van der Waals surface area contributed by atoms with Gasteiger partial charge in [0.15, 0.2) is 0 Å². The van der Waals surface area contributed by atoms with Gasteiger partial charge in [-0.15, -0.1) is 0 Å². The summed E-state index contributed by atoms with van der Waals surface area (Å²) in [6.07, 6.45) is 7.19. The van der Waals surface area contributed by atoms with Crippen molar-refractivity contribution in [2.24, 2.45) is 0 Å². The minimum Gasteiger partial charge on any atom is -0.373 e. The van der Waals surface area contributed by atoms with Gasteiger partial charge in [0.2, 0.25) is 0 Å². The number of ether oxygens (including phenoxy) is 1. The summed E-state index contributed by atoms with van der Waals surface area (Å²) in [5.41, 5.74) is 4.33. The first-order valence-electron chi connectivity index (χ1n) is 8.02. The first-order chi connectivity index (χ1) is 10.7. The molecule has 4 rings (SSSR count). The van der Waals surface area contributed by atoms with Crippen molar-refractivity contribution < 1.29 is 14.7 Å². The standard InChI is InChI=1S/C16H21N3O3/c20-15(18-21)12-8-11-3-6-19(10-13(11)17-9-12)14-2-5-16(14)4-1-7-22-16/h8-9,14,21H,1-7,10H2,(H,18,20)/t14?,16-/m1/s1. The summed E-state index contributed by atoms with van der Waals surface area (Å²) in [5, 5.41) is 8.72. The predicted molar refractivity (Wildman–Crippen MR) is 78.5 cm³/mol. The minimum atomic E-state index is -0.505. The number of amides is 1. The quantitative estimate of drug-likeness (QED) is 0.636. The SMILES string of the molecule is O=C(NO)c1cnc2c(c1)CCN(C1CC[C@]13CCCO3)C2. The topological polar surface area (TPSA) is 74.7 Å². The van der Waals surface area contributed by atoms with Crippen LogP contribution in [0, 0.1) is 0 Å².